The number of anilines is 1. The Hall–Kier alpha value is -2.57. The smallest absolute Gasteiger partial charge is 0.342 e. The van der Waals surface area contributed by atoms with E-state index in [0.29, 0.717) is 10.6 Å². The third-order valence-electron chi connectivity index (χ3n) is 5.04. The quantitative estimate of drug-likeness (QED) is 0.284. The second-order valence-corrected chi connectivity index (χ2v) is 11.4. The number of rotatable bonds is 7. The molecule has 6 heteroatoms. The summed E-state index contributed by atoms with van der Waals surface area (Å²) >= 11 is 2.87. The summed E-state index contributed by atoms with van der Waals surface area (Å²) in [5, 5.41) is 3.49. The molecule has 1 N–H and O–H groups in total. The highest BCUT2D eigenvalue weighted by Crippen LogP contribution is 2.41. The Balaban J connectivity index is 1.92. The molecule has 0 unspecified atom stereocenters. The minimum absolute atomic E-state index is 0.0389. The van der Waals surface area contributed by atoms with Crippen molar-refractivity contribution in [3.63, 3.8) is 0 Å². The predicted molar refractivity (Wildman–Crippen MR) is 140 cm³/mol. The van der Waals surface area contributed by atoms with Crippen molar-refractivity contribution in [3.8, 4) is 11.1 Å². The van der Waals surface area contributed by atoms with Crippen LogP contribution >= 0.6 is 23.1 Å². The summed E-state index contributed by atoms with van der Waals surface area (Å²) in [6.45, 7) is 12.1. The number of amides is 1. The van der Waals surface area contributed by atoms with Crippen LogP contribution in [0.3, 0.4) is 0 Å². The van der Waals surface area contributed by atoms with Gasteiger partial charge in [-0.15, -0.1) is 23.1 Å². The first kappa shape index (κ1) is 25.1. The van der Waals surface area contributed by atoms with Crippen molar-refractivity contribution in [1.82, 2.24) is 0 Å². The molecule has 1 amide bonds. The molecule has 2 aromatic carbocycles. The van der Waals surface area contributed by atoms with Gasteiger partial charge in [0.15, 0.2) is 0 Å². The standard InChI is InChI=1S/C27H31NO3S2/c1-17(2)31-26(30)24-23(19-12-14-20(15-13-19)27(4,5)6)18(3)33-25(24)28-22(29)16-32-21-10-8-7-9-11-21/h7-15,17H,16H2,1-6H3,(H,28,29). The van der Waals surface area contributed by atoms with Crippen molar-refractivity contribution in [2.45, 2.75) is 58.0 Å². The fourth-order valence-electron chi connectivity index (χ4n) is 3.41. The van der Waals surface area contributed by atoms with Crippen LogP contribution in [0, 0.1) is 6.92 Å². The van der Waals surface area contributed by atoms with Gasteiger partial charge in [0.1, 0.15) is 10.6 Å². The van der Waals surface area contributed by atoms with Crippen molar-refractivity contribution < 1.29 is 14.3 Å². The lowest BCUT2D eigenvalue weighted by atomic mass is 9.86. The fourth-order valence-corrected chi connectivity index (χ4v) is 5.21. The summed E-state index contributed by atoms with van der Waals surface area (Å²) in [5.41, 5.74) is 3.44. The Morgan fingerprint density at radius 1 is 1.03 bits per heavy atom. The number of hydrogen-bond donors (Lipinski definition) is 1. The number of thioether (sulfide) groups is 1. The topological polar surface area (TPSA) is 55.4 Å². The molecule has 0 aliphatic carbocycles. The van der Waals surface area contributed by atoms with Crippen molar-refractivity contribution in [3.05, 3.63) is 70.6 Å². The van der Waals surface area contributed by atoms with Gasteiger partial charge in [0.2, 0.25) is 5.91 Å². The van der Waals surface area contributed by atoms with E-state index in [1.807, 2.05) is 63.2 Å². The van der Waals surface area contributed by atoms with Crippen LogP contribution in [0.1, 0.15) is 55.4 Å². The molecule has 0 radical (unpaired) electrons. The highest BCUT2D eigenvalue weighted by molar-refractivity contribution is 8.00. The normalized spacial score (nSPS) is 11.5. The van der Waals surface area contributed by atoms with Gasteiger partial charge in [-0.05, 0) is 49.4 Å². The number of carbonyl (C=O) groups is 2. The van der Waals surface area contributed by atoms with Crippen LogP contribution in [-0.2, 0) is 14.9 Å². The average molecular weight is 482 g/mol. The Morgan fingerprint density at radius 2 is 1.67 bits per heavy atom. The van der Waals surface area contributed by atoms with E-state index in [2.05, 4.69) is 38.2 Å². The van der Waals surface area contributed by atoms with E-state index < -0.39 is 5.97 Å². The van der Waals surface area contributed by atoms with Gasteiger partial charge in [0.05, 0.1) is 11.9 Å². The van der Waals surface area contributed by atoms with Gasteiger partial charge in [-0.3, -0.25) is 4.79 Å². The molecule has 0 atom stereocenters. The van der Waals surface area contributed by atoms with Crippen molar-refractivity contribution >= 4 is 40.0 Å². The molecule has 3 aromatic rings. The van der Waals surface area contributed by atoms with Crippen molar-refractivity contribution in [2.24, 2.45) is 0 Å². The fraction of sp³-hybridized carbons (Fsp3) is 0.333. The summed E-state index contributed by atoms with van der Waals surface area (Å²) in [5.74, 6) is -0.316. The molecule has 0 fully saturated rings. The number of nitrogens with one attached hydrogen (secondary N) is 1. The Bertz CT molecular complexity index is 1110. The Labute approximate surface area is 204 Å². The molecule has 3 rings (SSSR count). The molecule has 1 heterocycles. The van der Waals surface area contributed by atoms with Crippen LogP contribution in [0.2, 0.25) is 0 Å². The van der Waals surface area contributed by atoms with Gasteiger partial charge < -0.3 is 10.1 Å². The SMILES string of the molecule is Cc1sc(NC(=O)CSc2ccccc2)c(C(=O)OC(C)C)c1-c1ccc(C(C)(C)C)cc1. The third-order valence-corrected chi connectivity index (χ3v) is 7.07. The van der Waals surface area contributed by atoms with Crippen LogP contribution in [0.25, 0.3) is 11.1 Å². The first-order valence-corrected chi connectivity index (χ1v) is 12.8. The van der Waals surface area contributed by atoms with E-state index in [1.165, 1.54) is 28.7 Å². The summed E-state index contributed by atoms with van der Waals surface area (Å²) in [6.07, 6.45) is -0.258. The summed E-state index contributed by atoms with van der Waals surface area (Å²) in [7, 11) is 0. The van der Waals surface area contributed by atoms with Gasteiger partial charge >= 0.3 is 5.97 Å². The van der Waals surface area contributed by atoms with E-state index in [0.717, 1.165) is 20.9 Å². The number of benzene rings is 2. The maximum atomic E-state index is 13.1. The van der Waals surface area contributed by atoms with Gasteiger partial charge in [-0.1, -0.05) is 63.2 Å². The predicted octanol–water partition coefficient (Wildman–Crippen LogP) is 7.32. The lowest BCUT2D eigenvalue weighted by Crippen LogP contribution is -2.18. The van der Waals surface area contributed by atoms with E-state index in [-0.39, 0.29) is 23.2 Å². The van der Waals surface area contributed by atoms with E-state index in [9.17, 15) is 9.59 Å². The Kier molecular flexibility index (Phi) is 8.03. The highest BCUT2D eigenvalue weighted by atomic mass is 32.2. The minimum atomic E-state index is -0.421. The zero-order valence-electron chi connectivity index (χ0n) is 20.0. The largest absolute Gasteiger partial charge is 0.459 e. The number of ether oxygens (including phenoxy) is 1. The lowest BCUT2D eigenvalue weighted by Gasteiger charge is -2.19. The average Bonchev–Trinajstić information content (AvgIpc) is 3.07. The molecule has 0 saturated carbocycles. The first-order valence-electron chi connectivity index (χ1n) is 11.0. The number of carbonyl (C=O) groups excluding carboxylic acids is 2. The second kappa shape index (κ2) is 10.6. The highest BCUT2D eigenvalue weighted by Gasteiger charge is 2.26. The van der Waals surface area contributed by atoms with Crippen molar-refractivity contribution in [2.75, 3.05) is 11.1 Å². The number of esters is 1. The molecule has 0 aliphatic heterocycles. The summed E-state index contributed by atoms with van der Waals surface area (Å²) < 4.78 is 5.55. The Morgan fingerprint density at radius 3 is 2.24 bits per heavy atom. The second-order valence-electron chi connectivity index (χ2n) is 9.17. The summed E-state index contributed by atoms with van der Waals surface area (Å²) in [4.78, 5) is 27.8. The first-order chi connectivity index (χ1) is 15.6. The minimum Gasteiger partial charge on any atom is -0.459 e. The maximum absolute atomic E-state index is 13.1. The summed E-state index contributed by atoms with van der Waals surface area (Å²) in [6, 6.07) is 18.0. The molecule has 4 nitrogen and oxygen atoms in total. The van der Waals surface area contributed by atoms with Crippen LogP contribution < -0.4 is 5.32 Å². The van der Waals surface area contributed by atoms with Crippen molar-refractivity contribution in [1.29, 1.82) is 0 Å². The zero-order chi connectivity index (χ0) is 24.2. The number of hydrogen-bond acceptors (Lipinski definition) is 5. The van der Waals surface area contributed by atoms with E-state index >= 15 is 0 Å². The van der Waals surface area contributed by atoms with E-state index in [1.54, 1.807) is 0 Å². The maximum Gasteiger partial charge on any atom is 0.342 e. The van der Waals surface area contributed by atoms with Gasteiger partial charge in [-0.25, -0.2) is 4.79 Å². The van der Waals surface area contributed by atoms with Crippen LogP contribution in [0.4, 0.5) is 5.00 Å². The third kappa shape index (κ3) is 6.49. The lowest BCUT2D eigenvalue weighted by molar-refractivity contribution is -0.113. The van der Waals surface area contributed by atoms with Crippen LogP contribution in [0.15, 0.2) is 59.5 Å². The van der Waals surface area contributed by atoms with Gasteiger partial charge in [0, 0.05) is 15.3 Å². The molecule has 174 valence electrons. The monoisotopic (exact) mass is 481 g/mol. The van der Waals surface area contributed by atoms with Crippen LogP contribution in [-0.4, -0.2) is 23.7 Å². The molecule has 0 aliphatic rings. The molecule has 1 aromatic heterocycles. The number of aryl methyl sites for hydroxylation is 1. The van der Waals surface area contributed by atoms with Gasteiger partial charge in [-0.2, -0.15) is 0 Å². The molecular formula is C27H31NO3S2. The van der Waals surface area contributed by atoms with E-state index in [4.69, 9.17) is 4.74 Å². The van der Waals surface area contributed by atoms with Gasteiger partial charge in [0.25, 0.3) is 0 Å². The molecule has 33 heavy (non-hydrogen) atoms. The zero-order valence-corrected chi connectivity index (χ0v) is 21.7. The number of thiophene rings is 1. The van der Waals surface area contributed by atoms with Crippen LogP contribution in [0.5, 0.6) is 0 Å². The molecule has 0 spiro atoms. The molecular weight excluding hydrogens is 450 g/mol. The molecule has 0 bridgehead atoms. The molecule has 0 saturated heterocycles.